The second-order valence-corrected chi connectivity index (χ2v) is 7.10. The fourth-order valence-electron chi connectivity index (χ4n) is 2.06. The number of primary amides is 1. The molecular formula is C12H16ClN3O4S. The van der Waals surface area contributed by atoms with Crippen molar-refractivity contribution < 1.29 is 17.9 Å². The lowest BCUT2D eigenvalue weighted by atomic mass is 10.3. The molecule has 0 bridgehead atoms. The minimum atomic E-state index is -3.78. The maximum atomic E-state index is 12.6. The standard InChI is InChI=1S/C12H16ClN3O4S/c13-8-1-2-10(20-7-12(15)17)11(5-8)21(18,19)16-4-3-9(14)6-16/h1-2,5,9H,3-4,6-7,14H2,(H2,15,17)/t9-/m1/s1. The number of sulfonamides is 1. The third kappa shape index (κ3) is 3.65. The van der Waals surface area contributed by atoms with Crippen LogP contribution in [0.15, 0.2) is 23.1 Å². The summed E-state index contributed by atoms with van der Waals surface area (Å²) >= 11 is 5.87. The quantitative estimate of drug-likeness (QED) is 0.782. The second-order valence-electron chi connectivity index (χ2n) is 4.76. The number of rotatable bonds is 5. The topological polar surface area (TPSA) is 116 Å². The Balaban J connectivity index is 2.36. The van der Waals surface area contributed by atoms with Crippen LogP contribution in [0, 0.1) is 0 Å². The minimum absolute atomic E-state index is 0.0404. The normalized spacial score (nSPS) is 19.6. The molecule has 7 nitrogen and oxygen atoms in total. The van der Waals surface area contributed by atoms with E-state index in [0.29, 0.717) is 13.0 Å². The van der Waals surface area contributed by atoms with Gasteiger partial charge in [-0.05, 0) is 24.6 Å². The number of nitrogens with zero attached hydrogens (tertiary/aromatic N) is 1. The van der Waals surface area contributed by atoms with Gasteiger partial charge in [-0.3, -0.25) is 4.79 Å². The van der Waals surface area contributed by atoms with E-state index >= 15 is 0 Å². The zero-order valence-corrected chi connectivity index (χ0v) is 12.7. The van der Waals surface area contributed by atoms with Gasteiger partial charge < -0.3 is 16.2 Å². The van der Waals surface area contributed by atoms with Crippen LogP contribution in [0.1, 0.15) is 6.42 Å². The number of carbonyl (C=O) groups excluding carboxylic acids is 1. The van der Waals surface area contributed by atoms with Crippen LogP contribution in [-0.2, 0) is 14.8 Å². The molecule has 1 fully saturated rings. The average Bonchev–Trinajstić information content (AvgIpc) is 2.84. The number of hydrogen-bond acceptors (Lipinski definition) is 5. The molecule has 2 rings (SSSR count). The van der Waals surface area contributed by atoms with Gasteiger partial charge in [0, 0.05) is 24.2 Å². The van der Waals surface area contributed by atoms with E-state index in [9.17, 15) is 13.2 Å². The molecule has 1 atom stereocenters. The summed E-state index contributed by atoms with van der Waals surface area (Å²) in [6.45, 7) is 0.166. The average molecular weight is 334 g/mol. The zero-order chi connectivity index (χ0) is 15.6. The van der Waals surface area contributed by atoms with Gasteiger partial charge in [-0.2, -0.15) is 4.31 Å². The van der Waals surface area contributed by atoms with Crippen LogP contribution in [0.3, 0.4) is 0 Å². The lowest BCUT2D eigenvalue weighted by Crippen LogP contribution is -2.32. The van der Waals surface area contributed by atoms with Crippen molar-refractivity contribution in [3.05, 3.63) is 23.2 Å². The SMILES string of the molecule is NC(=O)COc1ccc(Cl)cc1S(=O)(=O)N1CC[C@@H](N)C1. The maximum absolute atomic E-state index is 12.6. The van der Waals surface area contributed by atoms with Crippen LogP contribution in [-0.4, -0.2) is 44.4 Å². The molecule has 0 radical (unpaired) electrons. The largest absolute Gasteiger partial charge is 0.482 e. The number of carbonyl (C=O) groups is 1. The summed E-state index contributed by atoms with van der Waals surface area (Å²) in [6.07, 6.45) is 0.595. The van der Waals surface area contributed by atoms with Crippen molar-refractivity contribution in [1.29, 1.82) is 0 Å². The highest BCUT2D eigenvalue weighted by atomic mass is 35.5. The summed E-state index contributed by atoms with van der Waals surface area (Å²) in [5, 5.41) is 0.253. The molecule has 1 aromatic carbocycles. The van der Waals surface area contributed by atoms with Crippen LogP contribution in [0.5, 0.6) is 5.75 Å². The van der Waals surface area contributed by atoms with E-state index in [0.717, 1.165) is 0 Å². The first-order valence-corrected chi connectivity index (χ1v) is 8.09. The predicted molar refractivity (Wildman–Crippen MR) is 77.5 cm³/mol. The van der Waals surface area contributed by atoms with Gasteiger partial charge in [0.1, 0.15) is 10.6 Å². The van der Waals surface area contributed by atoms with Crippen LogP contribution < -0.4 is 16.2 Å². The molecule has 1 aliphatic rings. The van der Waals surface area contributed by atoms with Crippen LogP contribution in [0.25, 0.3) is 0 Å². The van der Waals surface area contributed by atoms with Crippen molar-refractivity contribution in [3.8, 4) is 5.75 Å². The van der Waals surface area contributed by atoms with Crippen molar-refractivity contribution in [2.75, 3.05) is 19.7 Å². The monoisotopic (exact) mass is 333 g/mol. The van der Waals surface area contributed by atoms with Gasteiger partial charge in [0.2, 0.25) is 10.0 Å². The molecule has 1 aromatic rings. The van der Waals surface area contributed by atoms with Gasteiger partial charge in [0.05, 0.1) is 0 Å². The number of nitrogens with two attached hydrogens (primary N) is 2. The van der Waals surface area contributed by atoms with Crippen molar-refractivity contribution >= 4 is 27.5 Å². The number of halogens is 1. The summed E-state index contributed by atoms with van der Waals surface area (Å²) in [5.74, 6) is -0.657. The van der Waals surface area contributed by atoms with Gasteiger partial charge in [-0.25, -0.2) is 8.42 Å². The summed E-state index contributed by atoms with van der Waals surface area (Å²) in [4.78, 5) is 10.7. The van der Waals surface area contributed by atoms with Gasteiger partial charge >= 0.3 is 0 Å². The van der Waals surface area contributed by atoms with Crippen LogP contribution in [0.2, 0.25) is 5.02 Å². The van der Waals surface area contributed by atoms with E-state index in [2.05, 4.69) is 0 Å². The van der Waals surface area contributed by atoms with E-state index in [1.807, 2.05) is 0 Å². The van der Waals surface area contributed by atoms with Gasteiger partial charge in [0.15, 0.2) is 6.61 Å². The van der Waals surface area contributed by atoms with E-state index in [-0.39, 0.29) is 28.3 Å². The van der Waals surface area contributed by atoms with Crippen molar-refractivity contribution in [1.82, 2.24) is 4.31 Å². The number of ether oxygens (including phenoxy) is 1. The van der Waals surface area contributed by atoms with E-state index in [4.69, 9.17) is 27.8 Å². The third-order valence-electron chi connectivity index (χ3n) is 3.08. The highest BCUT2D eigenvalue weighted by Gasteiger charge is 2.33. The lowest BCUT2D eigenvalue weighted by Gasteiger charge is -2.18. The smallest absolute Gasteiger partial charge is 0.255 e. The Bertz CT molecular complexity index is 650. The predicted octanol–water partition coefficient (Wildman–Crippen LogP) is -0.0742. The first-order chi connectivity index (χ1) is 9.80. The Morgan fingerprint density at radius 2 is 2.19 bits per heavy atom. The molecule has 116 valence electrons. The highest BCUT2D eigenvalue weighted by molar-refractivity contribution is 7.89. The molecule has 1 amide bonds. The van der Waals surface area contributed by atoms with Crippen LogP contribution >= 0.6 is 11.6 Å². The molecule has 1 saturated heterocycles. The summed E-state index contributed by atoms with van der Waals surface area (Å²) in [6, 6.07) is 3.98. The fourth-order valence-corrected chi connectivity index (χ4v) is 3.97. The summed E-state index contributed by atoms with van der Waals surface area (Å²) in [5.41, 5.74) is 10.7. The lowest BCUT2D eigenvalue weighted by molar-refractivity contribution is -0.120. The second kappa shape index (κ2) is 6.18. The van der Waals surface area contributed by atoms with Crippen molar-refractivity contribution in [3.63, 3.8) is 0 Å². The minimum Gasteiger partial charge on any atom is -0.482 e. The molecule has 4 N–H and O–H groups in total. The molecular weight excluding hydrogens is 318 g/mol. The van der Waals surface area contributed by atoms with E-state index in [1.54, 1.807) is 0 Å². The third-order valence-corrected chi connectivity index (χ3v) is 5.20. The number of amides is 1. The number of benzene rings is 1. The molecule has 0 aromatic heterocycles. The van der Waals surface area contributed by atoms with E-state index in [1.165, 1.54) is 22.5 Å². The van der Waals surface area contributed by atoms with Gasteiger partial charge in [-0.1, -0.05) is 11.6 Å². The molecule has 21 heavy (non-hydrogen) atoms. The van der Waals surface area contributed by atoms with Crippen molar-refractivity contribution in [2.24, 2.45) is 11.5 Å². The Hall–Kier alpha value is -1.35. The Kier molecular flexibility index (Phi) is 4.72. The molecule has 0 unspecified atom stereocenters. The highest BCUT2D eigenvalue weighted by Crippen LogP contribution is 2.31. The molecule has 0 saturated carbocycles. The molecule has 0 spiro atoms. The maximum Gasteiger partial charge on any atom is 0.255 e. The first kappa shape index (κ1) is 16.0. The molecule has 9 heteroatoms. The molecule has 1 aliphatic heterocycles. The van der Waals surface area contributed by atoms with Gasteiger partial charge in [-0.15, -0.1) is 0 Å². The number of hydrogen-bond donors (Lipinski definition) is 2. The Labute approximate surface area is 127 Å². The Morgan fingerprint density at radius 1 is 1.48 bits per heavy atom. The summed E-state index contributed by atoms with van der Waals surface area (Å²) < 4.78 is 31.7. The molecule has 1 heterocycles. The van der Waals surface area contributed by atoms with Crippen LogP contribution in [0.4, 0.5) is 0 Å². The van der Waals surface area contributed by atoms with Gasteiger partial charge in [0.25, 0.3) is 5.91 Å². The first-order valence-electron chi connectivity index (χ1n) is 6.27. The molecule has 0 aliphatic carbocycles. The van der Waals surface area contributed by atoms with E-state index < -0.39 is 22.5 Å². The van der Waals surface area contributed by atoms with Crippen molar-refractivity contribution in [2.45, 2.75) is 17.4 Å². The fraction of sp³-hybridized carbons (Fsp3) is 0.417. The zero-order valence-electron chi connectivity index (χ0n) is 11.2. The summed E-state index contributed by atoms with van der Waals surface area (Å²) in [7, 11) is -3.78. The Morgan fingerprint density at radius 3 is 2.76 bits per heavy atom.